The quantitative estimate of drug-likeness (QED) is 0.651. The monoisotopic (exact) mass is 280 g/mol. The number of carbonyl (C=O) groups is 1. The highest BCUT2D eigenvalue weighted by Crippen LogP contribution is 2.17. The molecule has 1 fully saturated rings. The lowest BCUT2D eigenvalue weighted by molar-refractivity contribution is -0.137. The van der Waals surface area contributed by atoms with E-state index in [1.165, 1.54) is 11.4 Å². The molecule has 1 heterocycles. The van der Waals surface area contributed by atoms with Crippen LogP contribution >= 0.6 is 0 Å². The van der Waals surface area contributed by atoms with E-state index < -0.39 is 27.8 Å². The van der Waals surface area contributed by atoms with Crippen LogP contribution in [0.1, 0.15) is 12.8 Å². The molecule has 1 atom stereocenters. The van der Waals surface area contributed by atoms with Crippen molar-refractivity contribution in [1.82, 2.24) is 4.31 Å². The van der Waals surface area contributed by atoms with Crippen molar-refractivity contribution < 1.29 is 23.1 Å². The van der Waals surface area contributed by atoms with Crippen molar-refractivity contribution in [2.75, 3.05) is 32.6 Å². The second kappa shape index (κ2) is 6.46. The van der Waals surface area contributed by atoms with E-state index in [1.807, 2.05) is 0 Å². The first-order chi connectivity index (χ1) is 8.33. The zero-order chi connectivity index (χ0) is 13.8. The lowest BCUT2D eigenvalue weighted by Gasteiger charge is -2.27. The van der Waals surface area contributed by atoms with Gasteiger partial charge in [0, 0.05) is 26.8 Å². The number of hydrogen-bond acceptors (Lipinski definition) is 5. The molecule has 0 radical (unpaired) electrons. The summed E-state index contributed by atoms with van der Waals surface area (Å²) in [5.41, 5.74) is 5.25. The summed E-state index contributed by atoms with van der Waals surface area (Å²) in [5.74, 6) is -1.61. The molecule has 3 N–H and O–H groups in total. The van der Waals surface area contributed by atoms with E-state index in [9.17, 15) is 13.2 Å². The Morgan fingerprint density at radius 1 is 1.50 bits per heavy atom. The molecular formula is C10H20N2O5S. The van der Waals surface area contributed by atoms with Crippen LogP contribution in [0.25, 0.3) is 0 Å². The Kier molecular flexibility index (Phi) is 5.51. The fourth-order valence-corrected chi connectivity index (χ4v) is 3.12. The smallest absolute Gasteiger partial charge is 0.321 e. The first-order valence-electron chi connectivity index (χ1n) is 5.83. The molecule has 0 aromatic carbocycles. The molecule has 7 nitrogen and oxygen atoms in total. The van der Waals surface area contributed by atoms with Gasteiger partial charge in [-0.3, -0.25) is 4.79 Å². The fraction of sp³-hybridized carbons (Fsp3) is 0.900. The fourth-order valence-electron chi connectivity index (χ4n) is 1.83. The number of carboxylic acids is 1. The van der Waals surface area contributed by atoms with Crippen molar-refractivity contribution in [2.24, 2.45) is 11.7 Å². The Hall–Kier alpha value is -0.700. The van der Waals surface area contributed by atoms with Crippen LogP contribution in [0.4, 0.5) is 0 Å². The van der Waals surface area contributed by atoms with E-state index in [4.69, 9.17) is 15.6 Å². The van der Waals surface area contributed by atoms with Crippen molar-refractivity contribution in [1.29, 1.82) is 0 Å². The van der Waals surface area contributed by atoms with E-state index in [1.54, 1.807) is 0 Å². The SMILES string of the molecule is CN(CC1CCOCC1)S(=O)(=O)C[C@H](N)C(=O)O. The summed E-state index contributed by atoms with van der Waals surface area (Å²) in [6.45, 7) is 1.68. The van der Waals surface area contributed by atoms with Gasteiger partial charge in [-0.2, -0.15) is 0 Å². The molecule has 0 aromatic rings. The molecule has 106 valence electrons. The van der Waals surface area contributed by atoms with Crippen LogP contribution in [0, 0.1) is 5.92 Å². The van der Waals surface area contributed by atoms with Crippen molar-refractivity contribution in [3.63, 3.8) is 0 Å². The Bertz CT molecular complexity index is 378. The summed E-state index contributed by atoms with van der Waals surface area (Å²) in [6, 6.07) is -1.38. The number of ether oxygens (including phenoxy) is 1. The molecular weight excluding hydrogens is 260 g/mol. The van der Waals surface area contributed by atoms with E-state index in [0.717, 1.165) is 12.8 Å². The van der Waals surface area contributed by atoms with Crippen molar-refractivity contribution in [3.8, 4) is 0 Å². The summed E-state index contributed by atoms with van der Waals surface area (Å²) in [6.07, 6.45) is 1.65. The molecule has 1 aliphatic heterocycles. The van der Waals surface area contributed by atoms with Gasteiger partial charge in [-0.25, -0.2) is 12.7 Å². The molecule has 18 heavy (non-hydrogen) atoms. The van der Waals surface area contributed by atoms with Crippen LogP contribution in [0.2, 0.25) is 0 Å². The maximum absolute atomic E-state index is 11.9. The minimum atomic E-state index is -3.62. The summed E-state index contributed by atoms with van der Waals surface area (Å²) < 4.78 is 30.1. The molecule has 1 saturated heterocycles. The Labute approximate surface area is 107 Å². The highest BCUT2D eigenvalue weighted by Gasteiger charge is 2.27. The first-order valence-corrected chi connectivity index (χ1v) is 7.44. The third-order valence-electron chi connectivity index (χ3n) is 3.04. The largest absolute Gasteiger partial charge is 0.480 e. The molecule has 0 bridgehead atoms. The van der Waals surface area contributed by atoms with Crippen molar-refractivity contribution in [2.45, 2.75) is 18.9 Å². The number of rotatable bonds is 6. The van der Waals surface area contributed by atoms with Crippen molar-refractivity contribution in [3.05, 3.63) is 0 Å². The van der Waals surface area contributed by atoms with Gasteiger partial charge in [0.2, 0.25) is 10.0 Å². The second-order valence-corrected chi connectivity index (χ2v) is 6.68. The van der Waals surface area contributed by atoms with Gasteiger partial charge in [0.05, 0.1) is 5.75 Å². The van der Waals surface area contributed by atoms with E-state index in [-0.39, 0.29) is 5.92 Å². The van der Waals surface area contributed by atoms with Crippen molar-refractivity contribution >= 4 is 16.0 Å². The zero-order valence-electron chi connectivity index (χ0n) is 10.4. The van der Waals surface area contributed by atoms with Crippen LogP contribution in [-0.4, -0.2) is 62.4 Å². The number of nitrogens with zero attached hydrogens (tertiary/aromatic N) is 1. The lowest BCUT2D eigenvalue weighted by atomic mass is 10.0. The molecule has 0 amide bonds. The van der Waals surface area contributed by atoms with Gasteiger partial charge < -0.3 is 15.6 Å². The Balaban J connectivity index is 2.52. The predicted octanol–water partition coefficient (Wildman–Crippen LogP) is -0.913. The Morgan fingerprint density at radius 3 is 2.56 bits per heavy atom. The zero-order valence-corrected chi connectivity index (χ0v) is 11.2. The molecule has 0 unspecified atom stereocenters. The molecule has 0 spiro atoms. The standard InChI is InChI=1S/C10H20N2O5S/c1-12(6-8-2-4-17-5-3-8)18(15,16)7-9(11)10(13)14/h8-9H,2-7,11H2,1H3,(H,13,14)/t9-/m0/s1. The highest BCUT2D eigenvalue weighted by atomic mass is 32.2. The van der Waals surface area contributed by atoms with Crippen LogP contribution < -0.4 is 5.73 Å². The molecule has 8 heteroatoms. The molecule has 0 aromatic heterocycles. The normalized spacial score (nSPS) is 19.9. The summed E-state index contributed by atoms with van der Waals surface area (Å²) in [4.78, 5) is 10.6. The number of nitrogens with two attached hydrogens (primary N) is 1. The molecule has 0 aliphatic carbocycles. The van der Waals surface area contributed by atoms with Gasteiger partial charge >= 0.3 is 5.97 Å². The lowest BCUT2D eigenvalue weighted by Crippen LogP contribution is -2.43. The van der Waals surface area contributed by atoms with Crippen LogP contribution in [0.15, 0.2) is 0 Å². The number of hydrogen-bond donors (Lipinski definition) is 2. The van der Waals surface area contributed by atoms with Gasteiger partial charge in [0.15, 0.2) is 0 Å². The predicted molar refractivity (Wildman–Crippen MR) is 65.6 cm³/mol. The third-order valence-corrected chi connectivity index (χ3v) is 4.92. The summed E-state index contributed by atoms with van der Waals surface area (Å²) in [7, 11) is -2.16. The Morgan fingerprint density at radius 2 is 2.06 bits per heavy atom. The number of aliphatic carboxylic acids is 1. The van der Waals surface area contributed by atoms with Gasteiger partial charge in [-0.15, -0.1) is 0 Å². The van der Waals surface area contributed by atoms with E-state index >= 15 is 0 Å². The minimum absolute atomic E-state index is 0.263. The van der Waals surface area contributed by atoms with Gasteiger partial charge in [-0.1, -0.05) is 0 Å². The van der Waals surface area contributed by atoms with Gasteiger partial charge in [0.1, 0.15) is 6.04 Å². The number of sulfonamides is 1. The first kappa shape index (κ1) is 15.4. The van der Waals surface area contributed by atoms with E-state index in [0.29, 0.717) is 19.8 Å². The maximum atomic E-state index is 11.9. The maximum Gasteiger partial charge on any atom is 0.321 e. The summed E-state index contributed by atoms with van der Waals surface area (Å²) in [5, 5.41) is 8.62. The van der Waals surface area contributed by atoms with Gasteiger partial charge in [-0.05, 0) is 18.8 Å². The average Bonchev–Trinajstić information content (AvgIpc) is 2.29. The average molecular weight is 280 g/mol. The van der Waals surface area contributed by atoms with Crippen LogP contribution in [0.3, 0.4) is 0 Å². The molecule has 1 aliphatic rings. The number of carboxylic acid groups (broad SMARTS) is 1. The highest BCUT2D eigenvalue weighted by molar-refractivity contribution is 7.89. The second-order valence-electron chi connectivity index (χ2n) is 4.56. The molecule has 0 saturated carbocycles. The minimum Gasteiger partial charge on any atom is -0.480 e. The van der Waals surface area contributed by atoms with Crippen LogP contribution in [-0.2, 0) is 19.6 Å². The topological polar surface area (TPSA) is 110 Å². The summed E-state index contributed by atoms with van der Waals surface area (Å²) >= 11 is 0. The van der Waals surface area contributed by atoms with Gasteiger partial charge in [0.25, 0.3) is 0 Å². The van der Waals surface area contributed by atoms with Crippen LogP contribution in [0.5, 0.6) is 0 Å². The third kappa shape index (κ3) is 4.52. The molecule has 1 rings (SSSR count). The van der Waals surface area contributed by atoms with E-state index in [2.05, 4.69) is 0 Å².